The van der Waals surface area contributed by atoms with Crippen LogP contribution in [0.4, 0.5) is 0 Å². The van der Waals surface area contributed by atoms with Gasteiger partial charge in [-0.2, -0.15) is 0 Å². The van der Waals surface area contributed by atoms with Crippen molar-refractivity contribution < 1.29 is 19.4 Å². The van der Waals surface area contributed by atoms with Gasteiger partial charge in [-0.05, 0) is 53.1 Å². The predicted octanol–water partition coefficient (Wildman–Crippen LogP) is 3.51. The van der Waals surface area contributed by atoms with Crippen LogP contribution in [0.5, 0.6) is 5.75 Å². The summed E-state index contributed by atoms with van der Waals surface area (Å²) in [4.78, 5) is 29.4. The number of morpholine rings is 1. The Balaban J connectivity index is 1.39. The fraction of sp³-hybridized carbons (Fsp3) is 0.481. The van der Waals surface area contributed by atoms with Crippen LogP contribution in [0.3, 0.4) is 0 Å². The Hall–Kier alpha value is -2.86. The number of rotatable bonds is 3. The smallest absolute Gasteiger partial charge is 0.254 e. The Bertz CT molecular complexity index is 1090. The van der Waals surface area contributed by atoms with E-state index in [0.29, 0.717) is 44.0 Å². The number of benzene rings is 2. The summed E-state index contributed by atoms with van der Waals surface area (Å²) in [6.07, 6.45) is 1.52. The number of nitrogens with zero attached hydrogens (tertiary/aromatic N) is 2. The Morgan fingerprint density at radius 3 is 2.61 bits per heavy atom. The van der Waals surface area contributed by atoms with Crippen molar-refractivity contribution in [2.24, 2.45) is 5.41 Å². The summed E-state index contributed by atoms with van der Waals surface area (Å²) >= 11 is 0. The van der Waals surface area contributed by atoms with Crippen LogP contribution in [0.1, 0.15) is 54.2 Å². The zero-order valence-corrected chi connectivity index (χ0v) is 19.6. The first kappa shape index (κ1) is 22.0. The van der Waals surface area contributed by atoms with Gasteiger partial charge in [-0.15, -0.1) is 0 Å². The number of fused-ring (bicyclic) bond motifs is 4. The van der Waals surface area contributed by atoms with Gasteiger partial charge >= 0.3 is 0 Å². The molecule has 174 valence electrons. The van der Waals surface area contributed by atoms with Crippen molar-refractivity contribution in [1.29, 1.82) is 0 Å². The number of aromatic hydroxyl groups is 1. The van der Waals surface area contributed by atoms with Gasteiger partial charge in [0.2, 0.25) is 5.91 Å². The molecule has 33 heavy (non-hydrogen) atoms. The topological polar surface area (TPSA) is 70.1 Å². The molecule has 2 aromatic rings. The second-order valence-corrected chi connectivity index (χ2v) is 10.4. The lowest BCUT2D eigenvalue weighted by Gasteiger charge is -2.60. The van der Waals surface area contributed by atoms with E-state index in [9.17, 15) is 14.7 Å². The molecule has 1 N–H and O–H groups in total. The van der Waals surface area contributed by atoms with Crippen LogP contribution in [0.15, 0.2) is 42.5 Å². The maximum absolute atomic E-state index is 13.6. The van der Waals surface area contributed by atoms with Crippen molar-refractivity contribution in [3.05, 3.63) is 64.7 Å². The number of likely N-dealkylation sites (tertiary alicyclic amines) is 1. The van der Waals surface area contributed by atoms with Gasteiger partial charge < -0.3 is 19.6 Å². The standard InChI is InChI=1S/C27H32N2O4/c1-26(2)23-15-20-21(5-4-6-22(20)30)27(26,3)11-12-29(23)25(32)19-9-7-18(8-10-19)16-28-13-14-33-17-24(28)31/h4-10,23,30H,11-17H2,1-3H3/t23?,27-/m0/s1. The maximum Gasteiger partial charge on any atom is 0.254 e. The van der Waals surface area contributed by atoms with Gasteiger partial charge in [-0.1, -0.05) is 45.0 Å². The molecule has 0 radical (unpaired) electrons. The predicted molar refractivity (Wildman–Crippen MR) is 125 cm³/mol. The van der Waals surface area contributed by atoms with Crippen molar-refractivity contribution in [3.63, 3.8) is 0 Å². The zero-order chi connectivity index (χ0) is 23.4. The summed E-state index contributed by atoms with van der Waals surface area (Å²) in [6, 6.07) is 13.5. The highest BCUT2D eigenvalue weighted by Crippen LogP contribution is 2.57. The van der Waals surface area contributed by atoms with Gasteiger partial charge in [0, 0.05) is 36.7 Å². The Labute approximate surface area is 195 Å². The van der Waals surface area contributed by atoms with Gasteiger partial charge in [-0.25, -0.2) is 0 Å². The molecule has 6 heteroatoms. The van der Waals surface area contributed by atoms with Crippen molar-refractivity contribution in [2.45, 2.75) is 51.6 Å². The average Bonchev–Trinajstić information content (AvgIpc) is 2.78. The van der Waals surface area contributed by atoms with Crippen LogP contribution in [0.25, 0.3) is 0 Å². The van der Waals surface area contributed by atoms with E-state index in [2.05, 4.69) is 26.8 Å². The lowest BCUT2D eigenvalue weighted by molar-refractivity contribution is -0.143. The van der Waals surface area contributed by atoms with Gasteiger partial charge in [0.1, 0.15) is 12.4 Å². The Morgan fingerprint density at radius 2 is 1.88 bits per heavy atom. The SMILES string of the molecule is CC1(C)C2Cc3c(O)cccc3[C@]1(C)CCN2C(=O)c1ccc(CN2CCOCC2=O)cc1. The van der Waals surface area contributed by atoms with Gasteiger partial charge in [0.05, 0.1) is 6.61 Å². The highest BCUT2D eigenvalue weighted by molar-refractivity contribution is 5.94. The molecule has 2 amide bonds. The van der Waals surface area contributed by atoms with E-state index >= 15 is 0 Å². The molecule has 2 bridgehead atoms. The molecule has 5 rings (SSSR count). The van der Waals surface area contributed by atoms with Crippen LogP contribution >= 0.6 is 0 Å². The fourth-order valence-corrected chi connectivity index (χ4v) is 6.03. The normalized spacial score (nSPS) is 26.2. The third-order valence-corrected chi connectivity index (χ3v) is 8.55. The molecule has 2 atom stereocenters. The number of hydrogen-bond acceptors (Lipinski definition) is 4. The van der Waals surface area contributed by atoms with Gasteiger partial charge in [0.25, 0.3) is 5.91 Å². The van der Waals surface area contributed by atoms with Crippen molar-refractivity contribution >= 4 is 11.8 Å². The largest absolute Gasteiger partial charge is 0.508 e. The average molecular weight is 449 g/mol. The quantitative estimate of drug-likeness (QED) is 0.780. The second-order valence-electron chi connectivity index (χ2n) is 10.4. The van der Waals surface area contributed by atoms with E-state index in [1.165, 1.54) is 5.56 Å². The van der Waals surface area contributed by atoms with Crippen LogP contribution in [-0.4, -0.2) is 59.1 Å². The molecular formula is C27H32N2O4. The first-order chi connectivity index (χ1) is 15.7. The highest BCUT2D eigenvalue weighted by Gasteiger charge is 2.57. The molecule has 0 saturated carbocycles. The van der Waals surface area contributed by atoms with E-state index < -0.39 is 0 Å². The summed E-state index contributed by atoms with van der Waals surface area (Å²) in [5.74, 6) is 0.361. The maximum atomic E-state index is 13.6. The molecular weight excluding hydrogens is 416 g/mol. The second kappa shape index (κ2) is 7.87. The molecule has 6 nitrogen and oxygen atoms in total. The van der Waals surface area contributed by atoms with Crippen molar-refractivity contribution in [2.75, 3.05) is 26.3 Å². The molecule has 2 fully saturated rings. The molecule has 2 aromatic carbocycles. The number of piperidine rings is 1. The first-order valence-corrected chi connectivity index (χ1v) is 11.8. The summed E-state index contributed by atoms with van der Waals surface area (Å²) < 4.78 is 5.20. The lowest BCUT2D eigenvalue weighted by Crippen LogP contribution is -2.64. The van der Waals surface area contributed by atoms with E-state index in [1.807, 2.05) is 35.2 Å². The Kier molecular flexibility index (Phi) is 5.24. The summed E-state index contributed by atoms with van der Waals surface area (Å²) in [7, 11) is 0. The number of amides is 2. The van der Waals surface area contributed by atoms with E-state index in [0.717, 1.165) is 17.5 Å². The van der Waals surface area contributed by atoms with Crippen molar-refractivity contribution in [1.82, 2.24) is 9.80 Å². The number of carbonyl (C=O) groups excluding carboxylic acids is 2. The van der Waals surface area contributed by atoms with E-state index in [-0.39, 0.29) is 35.3 Å². The molecule has 2 saturated heterocycles. The van der Waals surface area contributed by atoms with Gasteiger partial charge in [0.15, 0.2) is 0 Å². The summed E-state index contributed by atoms with van der Waals surface area (Å²) in [6.45, 7) is 9.32. The third kappa shape index (κ3) is 3.43. The monoisotopic (exact) mass is 448 g/mol. The number of carbonyl (C=O) groups is 2. The number of hydrogen-bond donors (Lipinski definition) is 1. The third-order valence-electron chi connectivity index (χ3n) is 8.55. The van der Waals surface area contributed by atoms with E-state index in [4.69, 9.17) is 4.74 Å². The molecule has 1 unspecified atom stereocenters. The molecule has 3 aliphatic rings. The molecule has 2 aliphatic heterocycles. The molecule has 0 aromatic heterocycles. The highest BCUT2D eigenvalue weighted by atomic mass is 16.5. The lowest BCUT2D eigenvalue weighted by atomic mass is 9.51. The number of phenolic OH excluding ortho intramolecular Hbond substituents is 1. The minimum Gasteiger partial charge on any atom is -0.508 e. The minimum absolute atomic E-state index is 0.000771. The molecule has 0 spiro atoms. The molecule has 1 aliphatic carbocycles. The van der Waals surface area contributed by atoms with Crippen LogP contribution in [0, 0.1) is 5.41 Å². The van der Waals surface area contributed by atoms with E-state index in [1.54, 1.807) is 11.0 Å². The van der Waals surface area contributed by atoms with Crippen LogP contribution in [0.2, 0.25) is 0 Å². The van der Waals surface area contributed by atoms with Gasteiger partial charge in [-0.3, -0.25) is 9.59 Å². The van der Waals surface area contributed by atoms with Crippen LogP contribution < -0.4 is 0 Å². The van der Waals surface area contributed by atoms with Crippen LogP contribution in [-0.2, 0) is 27.9 Å². The molecule has 2 heterocycles. The summed E-state index contributed by atoms with van der Waals surface area (Å²) in [5, 5.41) is 10.6. The minimum atomic E-state index is -0.127. The Morgan fingerprint density at radius 1 is 1.12 bits per heavy atom. The number of ether oxygens (including phenoxy) is 1. The zero-order valence-electron chi connectivity index (χ0n) is 19.6. The van der Waals surface area contributed by atoms with Crippen molar-refractivity contribution in [3.8, 4) is 5.75 Å². The fourth-order valence-electron chi connectivity index (χ4n) is 6.03. The number of phenols is 1. The first-order valence-electron chi connectivity index (χ1n) is 11.8. The summed E-state index contributed by atoms with van der Waals surface area (Å²) in [5.41, 5.74) is 3.64.